The Morgan fingerprint density at radius 3 is 2.12 bits per heavy atom. The van der Waals surface area contributed by atoms with Crippen LogP contribution in [0.2, 0.25) is 0 Å². The number of amides is 1. The highest BCUT2D eigenvalue weighted by molar-refractivity contribution is 5.85. The largest absolute Gasteiger partial charge is 0.399 e. The zero-order valence-corrected chi connectivity index (χ0v) is 15.3. The summed E-state index contributed by atoms with van der Waals surface area (Å²) in [4.78, 5) is 13.0. The van der Waals surface area contributed by atoms with Crippen molar-refractivity contribution in [3.05, 3.63) is 29.8 Å². The second-order valence-electron chi connectivity index (χ2n) is 8.52. The van der Waals surface area contributed by atoms with Gasteiger partial charge >= 0.3 is 0 Å². The van der Waals surface area contributed by atoms with E-state index in [-0.39, 0.29) is 23.9 Å². The summed E-state index contributed by atoms with van der Waals surface area (Å²) in [5.41, 5.74) is 7.72. The molecule has 3 nitrogen and oxygen atoms in total. The van der Waals surface area contributed by atoms with Crippen LogP contribution in [0.3, 0.4) is 0 Å². The first-order valence-electron chi connectivity index (χ1n) is 9.18. The van der Waals surface area contributed by atoms with Crippen LogP contribution < -0.4 is 11.1 Å². The maximum Gasteiger partial charge on any atom is 0.226 e. The van der Waals surface area contributed by atoms with E-state index >= 15 is 0 Å². The molecular weight excluding hydrogens is 320 g/mol. The number of nitrogens with two attached hydrogens (primary N) is 1. The van der Waals surface area contributed by atoms with Gasteiger partial charge in [0, 0.05) is 17.1 Å². The molecule has 0 saturated heterocycles. The van der Waals surface area contributed by atoms with Crippen molar-refractivity contribution in [1.82, 2.24) is 5.32 Å². The van der Waals surface area contributed by atoms with Crippen molar-refractivity contribution in [2.75, 3.05) is 5.73 Å². The lowest BCUT2D eigenvalue weighted by Gasteiger charge is -2.55. The Balaban J connectivity index is 0.00000169. The normalized spacial score (nSPS) is 34.5. The zero-order chi connectivity index (χ0) is 16.0. The van der Waals surface area contributed by atoms with Gasteiger partial charge in [0.15, 0.2) is 0 Å². The molecular formula is C20H29ClN2O. The van der Waals surface area contributed by atoms with Crippen LogP contribution >= 0.6 is 12.4 Å². The van der Waals surface area contributed by atoms with E-state index in [1.54, 1.807) is 0 Å². The van der Waals surface area contributed by atoms with Crippen molar-refractivity contribution in [2.45, 2.75) is 57.9 Å². The third kappa shape index (κ3) is 3.28. The van der Waals surface area contributed by atoms with E-state index in [0.29, 0.717) is 5.91 Å². The standard InChI is InChI=1S/C20H28N2O.ClH/c1-13(6-14-2-4-18(21)5-3-14)22-19(23)20-10-15-7-16(11-20)9-17(8-15)12-20;/h2-5,13,15-17H,6-12,21H2,1H3,(H,22,23);1H. The van der Waals surface area contributed by atoms with Gasteiger partial charge < -0.3 is 11.1 Å². The van der Waals surface area contributed by atoms with E-state index in [1.807, 2.05) is 12.1 Å². The fourth-order valence-corrected chi connectivity index (χ4v) is 5.82. The number of nitrogens with one attached hydrogen (secondary N) is 1. The second-order valence-corrected chi connectivity index (χ2v) is 8.52. The highest BCUT2D eigenvalue weighted by atomic mass is 35.5. The first kappa shape index (κ1) is 17.6. The molecule has 0 spiro atoms. The molecule has 132 valence electrons. The molecule has 0 radical (unpaired) electrons. The molecule has 0 aliphatic heterocycles. The van der Waals surface area contributed by atoms with Gasteiger partial charge in [0.05, 0.1) is 0 Å². The average Bonchev–Trinajstić information content (AvgIpc) is 2.48. The lowest BCUT2D eigenvalue weighted by atomic mass is 9.49. The van der Waals surface area contributed by atoms with Crippen LogP contribution in [0.15, 0.2) is 24.3 Å². The zero-order valence-electron chi connectivity index (χ0n) is 14.5. The molecule has 1 amide bonds. The summed E-state index contributed by atoms with van der Waals surface area (Å²) in [7, 11) is 0. The van der Waals surface area contributed by atoms with Gasteiger partial charge in [-0.25, -0.2) is 0 Å². The number of halogens is 1. The van der Waals surface area contributed by atoms with E-state index in [9.17, 15) is 4.79 Å². The van der Waals surface area contributed by atoms with Gasteiger partial charge in [-0.05, 0) is 87.3 Å². The molecule has 4 fully saturated rings. The fraction of sp³-hybridized carbons (Fsp3) is 0.650. The highest BCUT2D eigenvalue weighted by Crippen LogP contribution is 2.60. The van der Waals surface area contributed by atoms with Crippen LogP contribution in [-0.2, 0) is 11.2 Å². The Bertz CT molecular complexity index is 563. The number of hydrogen-bond acceptors (Lipinski definition) is 2. The number of nitrogen functional groups attached to an aromatic ring is 1. The van der Waals surface area contributed by atoms with Crippen molar-refractivity contribution >= 4 is 24.0 Å². The van der Waals surface area contributed by atoms with Crippen molar-refractivity contribution in [1.29, 1.82) is 0 Å². The molecule has 0 heterocycles. The summed E-state index contributed by atoms with van der Waals surface area (Å²) in [6.45, 7) is 2.12. The Kier molecular flexibility index (Phi) is 4.83. The molecule has 24 heavy (non-hydrogen) atoms. The molecule has 4 aliphatic carbocycles. The number of carbonyl (C=O) groups excluding carboxylic acids is 1. The van der Waals surface area contributed by atoms with Gasteiger partial charge in [0.2, 0.25) is 5.91 Å². The maximum absolute atomic E-state index is 13.0. The quantitative estimate of drug-likeness (QED) is 0.809. The third-order valence-corrected chi connectivity index (χ3v) is 6.42. The molecule has 1 aromatic carbocycles. The van der Waals surface area contributed by atoms with Crippen molar-refractivity contribution in [3.63, 3.8) is 0 Å². The highest BCUT2D eigenvalue weighted by Gasteiger charge is 2.54. The summed E-state index contributed by atoms with van der Waals surface area (Å²) in [6.07, 6.45) is 8.44. The molecule has 4 bridgehead atoms. The van der Waals surface area contributed by atoms with Crippen molar-refractivity contribution in [3.8, 4) is 0 Å². The van der Waals surface area contributed by atoms with Gasteiger partial charge in [-0.1, -0.05) is 12.1 Å². The molecule has 4 heteroatoms. The summed E-state index contributed by atoms with van der Waals surface area (Å²) >= 11 is 0. The van der Waals surface area contributed by atoms with Gasteiger partial charge in [0.25, 0.3) is 0 Å². The molecule has 4 saturated carbocycles. The minimum atomic E-state index is -0.0376. The van der Waals surface area contributed by atoms with E-state index in [4.69, 9.17) is 5.73 Å². The van der Waals surface area contributed by atoms with Crippen LogP contribution in [0.5, 0.6) is 0 Å². The lowest BCUT2D eigenvalue weighted by molar-refractivity contribution is -0.146. The van der Waals surface area contributed by atoms with Gasteiger partial charge in [0.1, 0.15) is 0 Å². The SMILES string of the molecule is CC(Cc1ccc(N)cc1)NC(=O)C12CC3CC(CC(C3)C1)C2.Cl. The van der Waals surface area contributed by atoms with Crippen molar-refractivity contribution < 1.29 is 4.79 Å². The molecule has 1 atom stereocenters. The minimum absolute atomic E-state index is 0. The molecule has 1 unspecified atom stereocenters. The first-order chi connectivity index (χ1) is 11.0. The van der Waals surface area contributed by atoms with Gasteiger partial charge in [-0.3, -0.25) is 4.79 Å². The second kappa shape index (κ2) is 6.59. The fourth-order valence-electron chi connectivity index (χ4n) is 5.82. The molecule has 1 aromatic rings. The van der Waals surface area contributed by atoms with Crippen LogP contribution in [0, 0.1) is 23.2 Å². The number of carbonyl (C=O) groups is 1. The number of benzene rings is 1. The number of anilines is 1. The maximum atomic E-state index is 13.0. The van der Waals surface area contributed by atoms with Crippen LogP contribution in [0.4, 0.5) is 5.69 Å². The summed E-state index contributed by atoms with van der Waals surface area (Å²) in [5, 5.41) is 3.33. The van der Waals surface area contributed by atoms with E-state index in [2.05, 4.69) is 24.4 Å². The topological polar surface area (TPSA) is 55.1 Å². The summed E-state index contributed by atoms with van der Waals surface area (Å²) in [5.74, 6) is 2.79. The smallest absolute Gasteiger partial charge is 0.226 e. The predicted molar refractivity (Wildman–Crippen MR) is 100 cm³/mol. The summed E-state index contributed by atoms with van der Waals surface area (Å²) < 4.78 is 0. The Morgan fingerprint density at radius 2 is 1.62 bits per heavy atom. The lowest BCUT2D eigenvalue weighted by Crippen LogP contribution is -2.55. The Labute approximate surface area is 151 Å². The van der Waals surface area contributed by atoms with Crippen molar-refractivity contribution in [2.24, 2.45) is 23.2 Å². The number of hydrogen-bond donors (Lipinski definition) is 2. The van der Waals surface area contributed by atoms with Crippen LogP contribution in [0.25, 0.3) is 0 Å². The molecule has 4 aliphatic rings. The van der Waals surface area contributed by atoms with Crippen LogP contribution in [-0.4, -0.2) is 11.9 Å². The molecule has 5 rings (SSSR count). The van der Waals surface area contributed by atoms with E-state index in [1.165, 1.54) is 24.8 Å². The van der Waals surface area contributed by atoms with Gasteiger partial charge in [-0.15, -0.1) is 12.4 Å². The average molecular weight is 349 g/mol. The molecule has 3 N–H and O–H groups in total. The third-order valence-electron chi connectivity index (χ3n) is 6.42. The predicted octanol–water partition coefficient (Wildman–Crippen LogP) is 3.95. The van der Waals surface area contributed by atoms with Crippen LogP contribution in [0.1, 0.15) is 51.0 Å². The monoisotopic (exact) mass is 348 g/mol. The van der Waals surface area contributed by atoms with E-state index < -0.39 is 0 Å². The number of rotatable bonds is 4. The summed E-state index contributed by atoms with van der Waals surface area (Å²) in [6, 6.07) is 8.16. The Hall–Kier alpha value is -1.22. The molecule has 0 aromatic heterocycles. The van der Waals surface area contributed by atoms with Gasteiger partial charge in [-0.2, -0.15) is 0 Å². The van der Waals surface area contributed by atoms with E-state index in [0.717, 1.165) is 49.1 Å². The minimum Gasteiger partial charge on any atom is -0.399 e. The first-order valence-corrected chi connectivity index (χ1v) is 9.18. The Morgan fingerprint density at radius 1 is 1.12 bits per heavy atom.